The largest absolute Gasteiger partial charge is 0.508 e. The molecule has 2 aromatic rings. The molecule has 12 nitrogen and oxygen atoms in total. The minimum atomic E-state index is -1.69. The summed E-state index contributed by atoms with van der Waals surface area (Å²) in [6.07, 6.45) is -7.32. The SMILES string of the molecule is COc1cc(C2Oc3cc(O)cc(OC)c3C=C2O[C@@H]2O[C@@H](CO)[C@H](O)[C@H](O)[C@H]2O)cc(O)c1O. The second kappa shape index (κ2) is 9.68. The summed E-state index contributed by atoms with van der Waals surface area (Å²) in [7, 11) is 2.68. The first-order chi connectivity index (χ1) is 16.7. The average molecular weight is 494 g/mol. The molecule has 6 atom stereocenters. The van der Waals surface area contributed by atoms with Gasteiger partial charge in [0.25, 0.3) is 0 Å². The molecular formula is C23H26O12. The van der Waals surface area contributed by atoms with Crippen LogP contribution in [0, 0.1) is 0 Å². The summed E-state index contributed by atoms with van der Waals surface area (Å²) in [5.74, 6) is -0.758. The highest BCUT2D eigenvalue weighted by atomic mass is 16.7. The second-order valence-corrected chi connectivity index (χ2v) is 8.01. The van der Waals surface area contributed by atoms with E-state index in [1.54, 1.807) is 0 Å². The van der Waals surface area contributed by atoms with Crippen LogP contribution in [0.4, 0.5) is 0 Å². The van der Waals surface area contributed by atoms with Crippen LogP contribution in [0.2, 0.25) is 0 Å². The summed E-state index contributed by atoms with van der Waals surface area (Å²) in [6, 6.07) is 5.27. The van der Waals surface area contributed by atoms with Crippen molar-refractivity contribution in [2.45, 2.75) is 36.8 Å². The molecule has 2 aliphatic heterocycles. The summed E-state index contributed by atoms with van der Waals surface area (Å²) < 4.78 is 27.8. The minimum absolute atomic E-state index is 0.0120. The van der Waals surface area contributed by atoms with E-state index in [1.165, 1.54) is 44.6 Å². The smallest absolute Gasteiger partial charge is 0.228 e. The van der Waals surface area contributed by atoms with Crippen molar-refractivity contribution in [2.24, 2.45) is 0 Å². The number of phenols is 3. The maximum Gasteiger partial charge on any atom is 0.228 e. The number of benzene rings is 2. The van der Waals surface area contributed by atoms with E-state index < -0.39 is 54.9 Å². The van der Waals surface area contributed by atoms with Crippen LogP contribution in [0.15, 0.2) is 30.0 Å². The minimum Gasteiger partial charge on any atom is -0.508 e. The van der Waals surface area contributed by atoms with Crippen LogP contribution in [-0.2, 0) is 9.47 Å². The zero-order chi connectivity index (χ0) is 25.4. The third-order valence-corrected chi connectivity index (χ3v) is 5.80. The van der Waals surface area contributed by atoms with E-state index in [1.807, 2.05) is 0 Å². The number of phenolic OH excluding ortho intramolecular Hbond substituents is 3. The lowest BCUT2D eigenvalue weighted by Crippen LogP contribution is -2.59. The Bertz CT molecular complexity index is 1110. The standard InChI is InChI=1S/C23H26O12/c1-31-13-5-10(25)6-14-11(13)7-16(34-23-21(30)20(29)19(28)17(8-24)35-23)22(33-14)9-3-12(26)18(27)15(4-9)32-2/h3-7,17,19-30H,8H2,1-2H3/t17-,19-,20-,21+,22?,23+/m0/s1. The van der Waals surface area contributed by atoms with Crippen molar-refractivity contribution < 1.29 is 59.4 Å². The number of aliphatic hydroxyl groups is 4. The molecule has 0 amide bonds. The molecule has 1 unspecified atom stereocenters. The molecule has 2 aromatic carbocycles. The molecule has 2 heterocycles. The molecule has 1 fully saturated rings. The molecule has 0 radical (unpaired) electrons. The van der Waals surface area contributed by atoms with Gasteiger partial charge in [-0.25, -0.2) is 0 Å². The van der Waals surface area contributed by atoms with Crippen molar-refractivity contribution >= 4 is 6.08 Å². The quantitative estimate of drug-likeness (QED) is 0.269. The molecule has 12 heteroatoms. The fourth-order valence-electron chi connectivity index (χ4n) is 3.95. The van der Waals surface area contributed by atoms with Gasteiger partial charge >= 0.3 is 0 Å². The van der Waals surface area contributed by atoms with Gasteiger partial charge in [-0.2, -0.15) is 0 Å². The van der Waals surface area contributed by atoms with Crippen LogP contribution in [0.3, 0.4) is 0 Å². The number of ether oxygens (including phenoxy) is 5. The van der Waals surface area contributed by atoms with Crippen LogP contribution >= 0.6 is 0 Å². The van der Waals surface area contributed by atoms with Crippen LogP contribution in [0.5, 0.6) is 34.5 Å². The van der Waals surface area contributed by atoms with Gasteiger partial charge in [0.05, 0.1) is 26.4 Å². The van der Waals surface area contributed by atoms with E-state index in [4.69, 9.17) is 23.7 Å². The van der Waals surface area contributed by atoms with Crippen molar-refractivity contribution in [2.75, 3.05) is 20.8 Å². The maximum atomic E-state index is 10.4. The lowest BCUT2D eigenvalue weighted by molar-refractivity contribution is -0.293. The fourth-order valence-corrected chi connectivity index (χ4v) is 3.95. The van der Waals surface area contributed by atoms with Crippen molar-refractivity contribution in [1.29, 1.82) is 0 Å². The Labute approximate surface area is 199 Å². The zero-order valence-electron chi connectivity index (χ0n) is 18.7. The highest BCUT2D eigenvalue weighted by molar-refractivity contribution is 5.70. The first-order valence-electron chi connectivity index (χ1n) is 10.5. The van der Waals surface area contributed by atoms with Crippen molar-refractivity contribution in [3.63, 3.8) is 0 Å². The highest BCUT2D eigenvalue weighted by Crippen LogP contribution is 2.47. The topological polar surface area (TPSA) is 188 Å². The average Bonchev–Trinajstić information content (AvgIpc) is 2.85. The molecule has 0 aliphatic carbocycles. The Balaban J connectivity index is 1.79. The zero-order valence-corrected chi connectivity index (χ0v) is 18.7. The Kier molecular flexibility index (Phi) is 6.83. The lowest BCUT2D eigenvalue weighted by atomic mass is 9.98. The van der Waals surface area contributed by atoms with Crippen LogP contribution < -0.4 is 14.2 Å². The van der Waals surface area contributed by atoms with Gasteiger partial charge in [-0.15, -0.1) is 0 Å². The van der Waals surface area contributed by atoms with Crippen molar-refractivity contribution in [3.05, 3.63) is 41.2 Å². The Morgan fingerprint density at radius 2 is 1.60 bits per heavy atom. The van der Waals surface area contributed by atoms with E-state index in [-0.39, 0.29) is 34.3 Å². The van der Waals surface area contributed by atoms with E-state index in [0.717, 1.165) is 0 Å². The Morgan fingerprint density at radius 3 is 2.26 bits per heavy atom. The first kappa shape index (κ1) is 24.7. The van der Waals surface area contributed by atoms with Gasteiger partial charge in [0.2, 0.25) is 12.0 Å². The van der Waals surface area contributed by atoms with Crippen LogP contribution in [0.25, 0.3) is 6.08 Å². The van der Waals surface area contributed by atoms with E-state index in [0.29, 0.717) is 5.56 Å². The fraction of sp³-hybridized carbons (Fsp3) is 0.391. The summed E-state index contributed by atoms with van der Waals surface area (Å²) in [5, 5.41) is 70.4. The second-order valence-electron chi connectivity index (χ2n) is 8.01. The van der Waals surface area contributed by atoms with E-state index >= 15 is 0 Å². The molecule has 190 valence electrons. The number of aliphatic hydroxyl groups excluding tert-OH is 4. The van der Waals surface area contributed by atoms with E-state index in [9.17, 15) is 35.7 Å². The molecule has 2 aliphatic rings. The van der Waals surface area contributed by atoms with Crippen LogP contribution in [0.1, 0.15) is 17.2 Å². The molecule has 35 heavy (non-hydrogen) atoms. The summed E-state index contributed by atoms with van der Waals surface area (Å²) >= 11 is 0. The predicted octanol–water partition coefficient (Wildman–Crippen LogP) is 0.112. The molecule has 0 spiro atoms. The molecule has 0 bridgehead atoms. The third kappa shape index (κ3) is 4.49. The van der Waals surface area contributed by atoms with Gasteiger partial charge in [0, 0.05) is 17.7 Å². The van der Waals surface area contributed by atoms with E-state index in [2.05, 4.69) is 0 Å². The van der Waals surface area contributed by atoms with Gasteiger partial charge in [-0.05, 0) is 18.2 Å². The number of methoxy groups -OCH3 is 2. The number of rotatable bonds is 6. The van der Waals surface area contributed by atoms with Gasteiger partial charge < -0.3 is 59.4 Å². The number of hydrogen-bond donors (Lipinski definition) is 7. The van der Waals surface area contributed by atoms with Gasteiger partial charge in [-0.3, -0.25) is 0 Å². The maximum absolute atomic E-state index is 10.4. The van der Waals surface area contributed by atoms with Crippen molar-refractivity contribution in [1.82, 2.24) is 0 Å². The normalized spacial score (nSPS) is 27.9. The molecule has 0 saturated carbocycles. The van der Waals surface area contributed by atoms with Crippen LogP contribution in [-0.4, -0.2) is 87.3 Å². The number of aromatic hydroxyl groups is 3. The van der Waals surface area contributed by atoms with Gasteiger partial charge in [-0.1, -0.05) is 0 Å². The Morgan fingerprint density at radius 1 is 0.886 bits per heavy atom. The summed E-state index contributed by atoms with van der Waals surface area (Å²) in [5.41, 5.74) is 0.622. The van der Waals surface area contributed by atoms with Gasteiger partial charge in [0.15, 0.2) is 17.6 Å². The molecule has 7 N–H and O–H groups in total. The predicted molar refractivity (Wildman–Crippen MR) is 117 cm³/mol. The molecular weight excluding hydrogens is 468 g/mol. The number of hydrogen-bond acceptors (Lipinski definition) is 12. The highest BCUT2D eigenvalue weighted by Gasteiger charge is 2.46. The summed E-state index contributed by atoms with van der Waals surface area (Å²) in [4.78, 5) is 0. The molecule has 4 rings (SSSR count). The molecule has 1 saturated heterocycles. The Hall–Kier alpha value is -3.42. The first-order valence-corrected chi connectivity index (χ1v) is 10.5. The summed E-state index contributed by atoms with van der Waals surface area (Å²) in [6.45, 7) is -0.650. The lowest BCUT2D eigenvalue weighted by Gasteiger charge is -2.41. The third-order valence-electron chi connectivity index (χ3n) is 5.80. The molecule has 0 aromatic heterocycles. The number of fused-ring (bicyclic) bond motifs is 1. The van der Waals surface area contributed by atoms with Crippen molar-refractivity contribution in [3.8, 4) is 34.5 Å². The van der Waals surface area contributed by atoms with Gasteiger partial charge in [0.1, 0.15) is 47.4 Å². The monoisotopic (exact) mass is 494 g/mol.